The summed E-state index contributed by atoms with van der Waals surface area (Å²) in [4.78, 5) is 6.82. The lowest BCUT2D eigenvalue weighted by atomic mass is 10.1. The first-order valence-electron chi connectivity index (χ1n) is 11.3. The van der Waals surface area contributed by atoms with E-state index in [9.17, 15) is 8.42 Å². The lowest BCUT2D eigenvalue weighted by Gasteiger charge is -2.35. The van der Waals surface area contributed by atoms with Gasteiger partial charge in [-0.2, -0.15) is 9.29 Å². The number of aryl methyl sites for hydroxylation is 1. The van der Waals surface area contributed by atoms with Gasteiger partial charge >= 0.3 is 0 Å². The Bertz CT molecular complexity index is 1430. The average molecular weight is 491 g/mol. The average Bonchev–Trinajstić information content (AvgIpc) is 3.40. The second-order valence-corrected chi connectivity index (χ2v) is 10.3. The van der Waals surface area contributed by atoms with E-state index < -0.39 is 10.0 Å². The number of aromatic nitrogens is 2. The monoisotopic (exact) mass is 490 g/mol. The smallest absolute Gasteiger partial charge is 0.258 e. The van der Waals surface area contributed by atoms with Crippen LogP contribution in [0.2, 0.25) is 0 Å². The highest BCUT2D eigenvalue weighted by Gasteiger charge is 2.30. The summed E-state index contributed by atoms with van der Waals surface area (Å²) in [5.74, 6) is 1.51. The standard InChI is InChI=1S/C26H26N4O4S/c1-19-10-12-20(13-11-19)25-27-26(34-28-25)21-6-5-7-22(18-21)35(31,32)30-16-14-29(15-17-30)23-8-3-4-9-24(23)33-2/h3-13,18H,14-17H2,1-2H3. The fraction of sp³-hybridized carbons (Fsp3) is 0.231. The van der Waals surface area contributed by atoms with Crippen molar-refractivity contribution in [2.24, 2.45) is 0 Å². The van der Waals surface area contributed by atoms with E-state index in [1.165, 1.54) is 4.31 Å². The molecule has 1 aliphatic rings. The summed E-state index contributed by atoms with van der Waals surface area (Å²) in [5.41, 5.74) is 3.50. The Hall–Kier alpha value is -3.69. The maximum atomic E-state index is 13.4. The molecular formula is C26H26N4O4S. The van der Waals surface area contributed by atoms with E-state index in [2.05, 4.69) is 15.0 Å². The molecular weight excluding hydrogens is 464 g/mol. The number of anilines is 1. The van der Waals surface area contributed by atoms with E-state index in [-0.39, 0.29) is 10.8 Å². The fourth-order valence-electron chi connectivity index (χ4n) is 4.16. The number of ether oxygens (including phenoxy) is 1. The van der Waals surface area contributed by atoms with Crippen LogP contribution in [0.25, 0.3) is 22.8 Å². The number of sulfonamides is 1. The number of methoxy groups -OCH3 is 1. The molecule has 5 rings (SSSR count). The zero-order valence-corrected chi connectivity index (χ0v) is 20.4. The van der Waals surface area contributed by atoms with Gasteiger partial charge in [0.15, 0.2) is 0 Å². The largest absolute Gasteiger partial charge is 0.495 e. The number of nitrogens with zero attached hydrogens (tertiary/aromatic N) is 4. The maximum Gasteiger partial charge on any atom is 0.258 e. The lowest BCUT2D eigenvalue weighted by molar-refractivity contribution is 0.378. The van der Waals surface area contributed by atoms with Crippen molar-refractivity contribution < 1.29 is 17.7 Å². The highest BCUT2D eigenvalue weighted by Crippen LogP contribution is 2.30. The van der Waals surface area contributed by atoms with Gasteiger partial charge in [0.25, 0.3) is 5.89 Å². The van der Waals surface area contributed by atoms with Crippen LogP contribution in [0.15, 0.2) is 82.2 Å². The zero-order valence-electron chi connectivity index (χ0n) is 19.6. The normalized spacial score (nSPS) is 14.7. The van der Waals surface area contributed by atoms with E-state index >= 15 is 0 Å². The van der Waals surface area contributed by atoms with Gasteiger partial charge in [0, 0.05) is 37.3 Å². The van der Waals surface area contributed by atoms with Gasteiger partial charge in [-0.25, -0.2) is 8.42 Å². The van der Waals surface area contributed by atoms with Crippen molar-refractivity contribution in [1.82, 2.24) is 14.4 Å². The van der Waals surface area contributed by atoms with Crippen LogP contribution in [-0.2, 0) is 10.0 Å². The molecule has 0 radical (unpaired) electrons. The predicted octanol–water partition coefficient (Wildman–Crippen LogP) is 4.23. The van der Waals surface area contributed by atoms with Crippen LogP contribution >= 0.6 is 0 Å². The van der Waals surface area contributed by atoms with Crippen molar-refractivity contribution in [1.29, 1.82) is 0 Å². The van der Waals surface area contributed by atoms with Crippen LogP contribution in [-0.4, -0.2) is 56.2 Å². The molecule has 8 nitrogen and oxygen atoms in total. The van der Waals surface area contributed by atoms with E-state index in [0.717, 1.165) is 22.6 Å². The number of benzene rings is 3. The molecule has 0 amide bonds. The first-order valence-corrected chi connectivity index (χ1v) is 12.8. The SMILES string of the molecule is COc1ccccc1N1CCN(S(=O)(=O)c2cccc(-c3nc(-c4ccc(C)cc4)no3)c2)CC1. The van der Waals surface area contributed by atoms with E-state index in [4.69, 9.17) is 9.26 Å². The van der Waals surface area contributed by atoms with Crippen molar-refractivity contribution in [2.45, 2.75) is 11.8 Å². The minimum atomic E-state index is -3.68. The van der Waals surface area contributed by atoms with Crippen LogP contribution in [0.4, 0.5) is 5.69 Å². The summed E-state index contributed by atoms with van der Waals surface area (Å²) >= 11 is 0. The molecule has 1 saturated heterocycles. The molecule has 35 heavy (non-hydrogen) atoms. The third-order valence-corrected chi connectivity index (χ3v) is 8.01. The van der Waals surface area contributed by atoms with Crippen LogP contribution < -0.4 is 9.64 Å². The molecule has 9 heteroatoms. The van der Waals surface area contributed by atoms with Crippen molar-refractivity contribution in [3.63, 3.8) is 0 Å². The number of para-hydroxylation sites is 2. The maximum absolute atomic E-state index is 13.4. The molecule has 1 aromatic heterocycles. The third kappa shape index (κ3) is 4.65. The summed E-state index contributed by atoms with van der Waals surface area (Å²) in [6.07, 6.45) is 0. The van der Waals surface area contributed by atoms with E-state index in [1.807, 2.05) is 55.5 Å². The Morgan fingerprint density at radius 1 is 0.886 bits per heavy atom. The number of piperazine rings is 1. The highest BCUT2D eigenvalue weighted by molar-refractivity contribution is 7.89. The Balaban J connectivity index is 1.33. The third-order valence-electron chi connectivity index (χ3n) is 6.12. The van der Waals surface area contributed by atoms with Crippen molar-refractivity contribution in [2.75, 3.05) is 38.2 Å². The topological polar surface area (TPSA) is 88.8 Å². The summed E-state index contributed by atoms with van der Waals surface area (Å²) in [6, 6.07) is 22.2. The van der Waals surface area contributed by atoms with Gasteiger partial charge < -0.3 is 14.2 Å². The van der Waals surface area contributed by atoms with Gasteiger partial charge in [0.05, 0.1) is 17.7 Å². The van der Waals surface area contributed by atoms with Gasteiger partial charge in [0.1, 0.15) is 5.75 Å². The molecule has 0 unspecified atom stereocenters. The quantitative estimate of drug-likeness (QED) is 0.400. The van der Waals surface area contributed by atoms with Gasteiger partial charge in [0.2, 0.25) is 15.8 Å². The number of rotatable bonds is 6. The Morgan fingerprint density at radius 2 is 1.63 bits per heavy atom. The van der Waals surface area contributed by atoms with Gasteiger partial charge in [-0.3, -0.25) is 0 Å². The zero-order chi connectivity index (χ0) is 24.4. The first kappa shape index (κ1) is 23.1. The van der Waals surface area contributed by atoms with Crippen LogP contribution in [0.3, 0.4) is 0 Å². The van der Waals surface area contributed by atoms with Crippen LogP contribution in [0.1, 0.15) is 5.56 Å². The summed E-state index contributed by atoms with van der Waals surface area (Å²) in [5, 5.41) is 4.06. The molecule has 0 spiro atoms. The van der Waals surface area contributed by atoms with Gasteiger partial charge in [-0.15, -0.1) is 0 Å². The molecule has 4 aromatic rings. The fourth-order valence-corrected chi connectivity index (χ4v) is 5.63. The Labute approximate surface area is 204 Å². The molecule has 0 bridgehead atoms. The molecule has 0 atom stereocenters. The first-order chi connectivity index (χ1) is 17.0. The molecule has 0 saturated carbocycles. The summed E-state index contributed by atoms with van der Waals surface area (Å²) < 4.78 is 39.2. The molecule has 0 N–H and O–H groups in total. The molecule has 3 aromatic carbocycles. The van der Waals surface area contributed by atoms with Crippen molar-refractivity contribution in [3.8, 4) is 28.6 Å². The second kappa shape index (κ2) is 9.52. The molecule has 1 aliphatic heterocycles. The Morgan fingerprint density at radius 3 is 2.37 bits per heavy atom. The number of hydrogen-bond acceptors (Lipinski definition) is 7. The summed E-state index contributed by atoms with van der Waals surface area (Å²) in [6.45, 7) is 3.91. The van der Waals surface area contributed by atoms with Gasteiger partial charge in [-0.05, 0) is 37.3 Å². The molecule has 0 aliphatic carbocycles. The van der Waals surface area contributed by atoms with Crippen molar-refractivity contribution >= 4 is 15.7 Å². The van der Waals surface area contributed by atoms with E-state index in [1.54, 1.807) is 31.4 Å². The molecule has 1 fully saturated rings. The van der Waals surface area contributed by atoms with Crippen molar-refractivity contribution in [3.05, 3.63) is 78.4 Å². The Kier molecular flexibility index (Phi) is 6.27. The molecule has 180 valence electrons. The minimum Gasteiger partial charge on any atom is -0.495 e. The van der Waals surface area contributed by atoms with E-state index in [0.29, 0.717) is 37.6 Å². The van der Waals surface area contributed by atoms with Crippen LogP contribution in [0, 0.1) is 6.92 Å². The van der Waals surface area contributed by atoms with Crippen LogP contribution in [0.5, 0.6) is 5.75 Å². The highest BCUT2D eigenvalue weighted by atomic mass is 32.2. The summed E-state index contributed by atoms with van der Waals surface area (Å²) in [7, 11) is -2.04. The van der Waals surface area contributed by atoms with Gasteiger partial charge in [-0.1, -0.05) is 53.2 Å². The second-order valence-electron chi connectivity index (χ2n) is 8.38. The lowest BCUT2D eigenvalue weighted by Crippen LogP contribution is -2.48. The minimum absolute atomic E-state index is 0.204. The number of hydrogen-bond donors (Lipinski definition) is 0. The predicted molar refractivity (Wildman–Crippen MR) is 134 cm³/mol. The molecule has 2 heterocycles.